The molecule has 0 aliphatic carbocycles. The molecule has 2 aliphatic heterocycles. The van der Waals surface area contributed by atoms with Gasteiger partial charge in [-0.25, -0.2) is 8.42 Å². The Kier molecular flexibility index (Phi) is 6.85. The van der Waals surface area contributed by atoms with Crippen molar-refractivity contribution in [1.29, 1.82) is 0 Å². The van der Waals surface area contributed by atoms with Crippen molar-refractivity contribution in [2.75, 3.05) is 18.8 Å². The Morgan fingerprint density at radius 2 is 2.04 bits per heavy atom. The van der Waals surface area contributed by atoms with Crippen LogP contribution in [0.2, 0.25) is 0 Å². The highest BCUT2D eigenvalue weighted by atomic mass is 32.2. The first-order valence-electron chi connectivity index (χ1n) is 9.79. The summed E-state index contributed by atoms with van der Waals surface area (Å²) < 4.78 is 26.8. The molecule has 3 rings (SSSR count). The SMILES string of the molecule is CCC(C)NC(=O)C1CSC2(CCN(S(=O)(=O)/C=C/c3ccccc3)CC2)N1. The van der Waals surface area contributed by atoms with Crippen LogP contribution in [0.1, 0.15) is 38.7 Å². The molecule has 2 saturated heterocycles. The van der Waals surface area contributed by atoms with Crippen molar-refractivity contribution in [3.8, 4) is 0 Å². The fourth-order valence-electron chi connectivity index (χ4n) is 3.44. The first-order valence-corrected chi connectivity index (χ1v) is 12.3. The lowest BCUT2D eigenvalue weighted by atomic mass is 10.0. The molecule has 2 atom stereocenters. The van der Waals surface area contributed by atoms with Gasteiger partial charge in [-0.3, -0.25) is 10.1 Å². The Labute approximate surface area is 172 Å². The Bertz CT molecular complexity index is 803. The van der Waals surface area contributed by atoms with Crippen LogP contribution in [0.25, 0.3) is 6.08 Å². The molecule has 6 nitrogen and oxygen atoms in total. The van der Waals surface area contributed by atoms with Crippen molar-refractivity contribution in [2.24, 2.45) is 0 Å². The van der Waals surface area contributed by atoms with Gasteiger partial charge in [-0.05, 0) is 37.8 Å². The van der Waals surface area contributed by atoms with Crippen molar-refractivity contribution in [1.82, 2.24) is 14.9 Å². The average Bonchev–Trinajstić information content (AvgIpc) is 3.11. The summed E-state index contributed by atoms with van der Waals surface area (Å²) in [4.78, 5) is 12.2. The van der Waals surface area contributed by atoms with Crippen molar-refractivity contribution in [3.05, 3.63) is 41.3 Å². The normalized spacial score (nSPS) is 23.9. The van der Waals surface area contributed by atoms with Gasteiger partial charge in [-0.1, -0.05) is 37.3 Å². The van der Waals surface area contributed by atoms with Crippen LogP contribution in [0, 0.1) is 0 Å². The van der Waals surface area contributed by atoms with Gasteiger partial charge < -0.3 is 5.32 Å². The summed E-state index contributed by atoms with van der Waals surface area (Å²) in [5.74, 6) is 0.766. The quantitative estimate of drug-likeness (QED) is 0.735. The van der Waals surface area contributed by atoms with Crippen LogP contribution in [0.5, 0.6) is 0 Å². The number of carbonyl (C=O) groups excluding carboxylic acids is 1. The van der Waals surface area contributed by atoms with Gasteiger partial charge in [0.1, 0.15) is 0 Å². The van der Waals surface area contributed by atoms with E-state index < -0.39 is 10.0 Å². The van der Waals surface area contributed by atoms with Crippen LogP contribution >= 0.6 is 11.8 Å². The van der Waals surface area contributed by atoms with Crippen molar-refractivity contribution < 1.29 is 13.2 Å². The number of nitrogens with one attached hydrogen (secondary N) is 2. The molecule has 0 bridgehead atoms. The highest BCUT2D eigenvalue weighted by Crippen LogP contribution is 2.39. The molecule has 2 heterocycles. The first kappa shape index (κ1) is 21.4. The zero-order valence-corrected chi connectivity index (χ0v) is 18.1. The molecule has 1 aromatic rings. The summed E-state index contributed by atoms with van der Waals surface area (Å²) in [6, 6.07) is 9.38. The fraction of sp³-hybridized carbons (Fsp3) is 0.550. The topological polar surface area (TPSA) is 78.5 Å². The van der Waals surface area contributed by atoms with Crippen molar-refractivity contribution in [3.63, 3.8) is 0 Å². The minimum Gasteiger partial charge on any atom is -0.352 e. The lowest BCUT2D eigenvalue weighted by molar-refractivity contribution is -0.123. The molecule has 2 fully saturated rings. The maximum Gasteiger partial charge on any atom is 0.238 e. The van der Waals surface area contributed by atoms with E-state index in [0.717, 1.165) is 17.7 Å². The molecule has 1 aromatic carbocycles. The third kappa shape index (κ3) is 5.17. The minimum atomic E-state index is -3.44. The fourth-order valence-corrected chi connectivity index (χ4v) is 6.05. The number of thioether (sulfide) groups is 1. The Morgan fingerprint density at radius 3 is 2.68 bits per heavy atom. The second-order valence-electron chi connectivity index (χ2n) is 7.48. The maximum absolute atomic E-state index is 12.6. The lowest BCUT2D eigenvalue weighted by Crippen LogP contribution is -2.54. The molecular formula is C20H29N3O3S2. The van der Waals surface area contributed by atoms with Gasteiger partial charge in [-0.15, -0.1) is 11.8 Å². The highest BCUT2D eigenvalue weighted by Gasteiger charge is 2.45. The zero-order chi connectivity index (χ0) is 20.2. The van der Waals surface area contributed by atoms with E-state index in [0.29, 0.717) is 25.9 Å². The van der Waals surface area contributed by atoms with E-state index in [1.807, 2.05) is 44.2 Å². The van der Waals surface area contributed by atoms with Gasteiger partial charge in [0.15, 0.2) is 0 Å². The van der Waals surface area contributed by atoms with Crippen LogP contribution in [-0.2, 0) is 14.8 Å². The van der Waals surface area contributed by atoms with E-state index in [4.69, 9.17) is 0 Å². The number of carbonyl (C=O) groups is 1. The summed E-state index contributed by atoms with van der Waals surface area (Å²) in [5, 5.41) is 7.80. The molecule has 2 unspecified atom stereocenters. The monoisotopic (exact) mass is 423 g/mol. The van der Waals surface area contributed by atoms with Crippen molar-refractivity contribution >= 4 is 33.8 Å². The van der Waals surface area contributed by atoms with E-state index in [1.54, 1.807) is 17.8 Å². The van der Waals surface area contributed by atoms with Gasteiger partial charge in [0, 0.05) is 30.3 Å². The number of amides is 1. The van der Waals surface area contributed by atoms with E-state index in [1.165, 1.54) is 9.71 Å². The maximum atomic E-state index is 12.6. The molecule has 0 saturated carbocycles. The molecule has 154 valence electrons. The average molecular weight is 424 g/mol. The third-order valence-electron chi connectivity index (χ3n) is 5.40. The molecular weight excluding hydrogens is 394 g/mol. The van der Waals surface area contributed by atoms with E-state index in [2.05, 4.69) is 10.6 Å². The van der Waals surface area contributed by atoms with Gasteiger partial charge in [0.25, 0.3) is 0 Å². The predicted molar refractivity (Wildman–Crippen MR) is 115 cm³/mol. The predicted octanol–water partition coefficient (Wildman–Crippen LogP) is 2.40. The number of sulfonamides is 1. The van der Waals surface area contributed by atoms with Gasteiger partial charge >= 0.3 is 0 Å². The number of hydrogen-bond acceptors (Lipinski definition) is 5. The molecule has 2 aliphatic rings. The highest BCUT2D eigenvalue weighted by molar-refractivity contribution is 8.01. The van der Waals surface area contributed by atoms with Crippen LogP contribution < -0.4 is 10.6 Å². The van der Waals surface area contributed by atoms with Gasteiger partial charge in [0.05, 0.1) is 10.9 Å². The summed E-state index contributed by atoms with van der Waals surface area (Å²) in [5.41, 5.74) is 0.864. The third-order valence-corrected chi connectivity index (χ3v) is 8.55. The van der Waals surface area contributed by atoms with E-state index >= 15 is 0 Å². The zero-order valence-electron chi connectivity index (χ0n) is 16.4. The smallest absolute Gasteiger partial charge is 0.238 e. The Morgan fingerprint density at radius 1 is 1.36 bits per heavy atom. The van der Waals surface area contributed by atoms with E-state index in [9.17, 15) is 13.2 Å². The second-order valence-corrected chi connectivity index (χ2v) is 10.7. The van der Waals surface area contributed by atoms with Gasteiger partial charge in [0.2, 0.25) is 15.9 Å². The molecule has 28 heavy (non-hydrogen) atoms. The molecule has 1 spiro atoms. The van der Waals surface area contributed by atoms with Crippen LogP contribution in [-0.4, -0.2) is 54.4 Å². The second kappa shape index (κ2) is 8.98. The Hall–Kier alpha value is -1.35. The van der Waals surface area contributed by atoms with Crippen molar-refractivity contribution in [2.45, 2.75) is 50.1 Å². The first-order chi connectivity index (χ1) is 13.3. The van der Waals surface area contributed by atoms with Crippen LogP contribution in [0.3, 0.4) is 0 Å². The van der Waals surface area contributed by atoms with Gasteiger partial charge in [-0.2, -0.15) is 4.31 Å². The summed E-state index contributed by atoms with van der Waals surface area (Å²) in [7, 11) is -3.44. The molecule has 1 amide bonds. The summed E-state index contributed by atoms with van der Waals surface area (Å²) in [6.07, 6.45) is 3.93. The largest absolute Gasteiger partial charge is 0.352 e. The van der Waals surface area contributed by atoms with E-state index in [-0.39, 0.29) is 22.9 Å². The molecule has 0 aromatic heterocycles. The Balaban J connectivity index is 1.55. The molecule has 2 N–H and O–H groups in total. The molecule has 0 radical (unpaired) electrons. The number of nitrogens with zero attached hydrogens (tertiary/aromatic N) is 1. The standard InChI is InChI=1S/C20H29N3O3S2/c1-3-16(2)21-19(24)18-15-27-20(22-18)10-12-23(13-11-20)28(25,26)14-9-17-7-5-4-6-8-17/h4-9,14,16,18,22H,3,10-13,15H2,1-2H3,(H,21,24)/b14-9+. The lowest BCUT2D eigenvalue weighted by Gasteiger charge is -2.38. The minimum absolute atomic E-state index is 0.0413. The number of benzene rings is 1. The van der Waals surface area contributed by atoms with Crippen LogP contribution in [0.4, 0.5) is 0 Å². The summed E-state index contributed by atoms with van der Waals surface area (Å²) in [6.45, 7) is 4.97. The summed E-state index contributed by atoms with van der Waals surface area (Å²) >= 11 is 1.75. The number of hydrogen-bond donors (Lipinski definition) is 2. The number of rotatable bonds is 6. The van der Waals surface area contributed by atoms with Crippen LogP contribution in [0.15, 0.2) is 35.7 Å². The number of piperidine rings is 1. The molecule has 8 heteroatoms.